The summed E-state index contributed by atoms with van der Waals surface area (Å²) in [6.07, 6.45) is 1.13. The number of hydrogen-bond acceptors (Lipinski definition) is 3. The van der Waals surface area contributed by atoms with Gasteiger partial charge < -0.3 is 5.32 Å². The zero-order valence-corrected chi connectivity index (χ0v) is 14.0. The Morgan fingerprint density at radius 3 is 2.29 bits per heavy atom. The van der Waals surface area contributed by atoms with Crippen LogP contribution in [0.1, 0.15) is 15.9 Å². The molecule has 1 N–H and O–H groups in total. The van der Waals surface area contributed by atoms with Crippen molar-refractivity contribution in [2.75, 3.05) is 11.6 Å². The Kier molecular flexibility index (Phi) is 4.49. The van der Waals surface area contributed by atoms with E-state index in [1.54, 1.807) is 0 Å². The summed E-state index contributed by atoms with van der Waals surface area (Å²) in [5.74, 6) is -0.281. The topological polar surface area (TPSA) is 63.2 Å². The molecule has 6 heteroatoms. The van der Waals surface area contributed by atoms with Gasteiger partial charge in [-0.15, -0.1) is 0 Å². The highest BCUT2D eigenvalue weighted by Gasteiger charge is 2.11. The summed E-state index contributed by atoms with van der Waals surface area (Å²) >= 11 is 3.36. The Balaban J connectivity index is 2.23. The minimum Gasteiger partial charge on any atom is -0.322 e. The lowest BCUT2D eigenvalue weighted by Gasteiger charge is -2.09. The van der Waals surface area contributed by atoms with Crippen LogP contribution in [0, 0.1) is 6.92 Å². The molecule has 0 bridgehead atoms. The normalized spacial score (nSPS) is 11.2. The first-order valence-corrected chi connectivity index (χ1v) is 8.83. The number of benzene rings is 2. The number of anilines is 1. The maximum absolute atomic E-state index is 12.2. The van der Waals surface area contributed by atoms with Crippen molar-refractivity contribution in [1.29, 1.82) is 0 Å². The second-order valence-electron chi connectivity index (χ2n) is 4.71. The predicted octanol–water partition coefficient (Wildman–Crippen LogP) is 3.41. The lowest BCUT2D eigenvalue weighted by atomic mass is 10.1. The second-order valence-corrected chi connectivity index (χ2v) is 7.64. The molecule has 0 atom stereocenters. The van der Waals surface area contributed by atoms with Gasteiger partial charge in [-0.3, -0.25) is 4.79 Å². The van der Waals surface area contributed by atoms with E-state index in [1.165, 1.54) is 24.3 Å². The molecule has 2 aromatic carbocycles. The van der Waals surface area contributed by atoms with Crippen LogP contribution in [0.5, 0.6) is 0 Å². The molecule has 0 aliphatic rings. The zero-order chi connectivity index (χ0) is 15.6. The van der Waals surface area contributed by atoms with E-state index in [-0.39, 0.29) is 10.8 Å². The van der Waals surface area contributed by atoms with Gasteiger partial charge in [-0.1, -0.05) is 22.0 Å². The maximum Gasteiger partial charge on any atom is 0.255 e. The van der Waals surface area contributed by atoms with Crippen molar-refractivity contribution in [3.8, 4) is 0 Å². The van der Waals surface area contributed by atoms with Crippen LogP contribution >= 0.6 is 15.9 Å². The van der Waals surface area contributed by atoms with E-state index in [4.69, 9.17) is 0 Å². The number of sulfone groups is 1. The monoisotopic (exact) mass is 367 g/mol. The predicted molar refractivity (Wildman–Crippen MR) is 86.4 cm³/mol. The summed E-state index contributed by atoms with van der Waals surface area (Å²) in [6.45, 7) is 1.90. The maximum atomic E-state index is 12.2. The van der Waals surface area contributed by atoms with E-state index in [0.29, 0.717) is 11.3 Å². The van der Waals surface area contributed by atoms with E-state index < -0.39 is 9.84 Å². The number of aryl methyl sites for hydroxylation is 1. The molecule has 4 nitrogen and oxygen atoms in total. The van der Waals surface area contributed by atoms with Gasteiger partial charge in [-0.25, -0.2) is 8.42 Å². The SMILES string of the molecule is Cc1ccc(Br)cc1NC(=O)c1ccc(S(C)(=O)=O)cc1. The molecule has 21 heavy (non-hydrogen) atoms. The van der Waals surface area contributed by atoms with Gasteiger partial charge in [0, 0.05) is 22.0 Å². The lowest BCUT2D eigenvalue weighted by Crippen LogP contribution is -2.13. The highest BCUT2D eigenvalue weighted by atomic mass is 79.9. The molecule has 0 saturated carbocycles. The number of amides is 1. The summed E-state index contributed by atoms with van der Waals surface area (Å²) in [7, 11) is -3.25. The van der Waals surface area contributed by atoms with Crippen LogP contribution in [-0.4, -0.2) is 20.6 Å². The van der Waals surface area contributed by atoms with Crippen molar-refractivity contribution in [3.63, 3.8) is 0 Å². The van der Waals surface area contributed by atoms with Gasteiger partial charge in [0.25, 0.3) is 5.91 Å². The van der Waals surface area contributed by atoms with E-state index in [2.05, 4.69) is 21.2 Å². The van der Waals surface area contributed by atoms with Gasteiger partial charge in [-0.05, 0) is 48.9 Å². The average Bonchev–Trinajstić information content (AvgIpc) is 2.42. The standard InChI is InChI=1S/C15H14BrNO3S/c1-10-3-6-12(16)9-14(10)17-15(18)11-4-7-13(8-5-11)21(2,19)20/h3-9H,1-2H3,(H,17,18). The van der Waals surface area contributed by atoms with E-state index in [1.807, 2.05) is 25.1 Å². The number of carbonyl (C=O) groups excluding carboxylic acids is 1. The quantitative estimate of drug-likeness (QED) is 0.903. The summed E-state index contributed by atoms with van der Waals surface area (Å²) in [5, 5.41) is 2.81. The van der Waals surface area contributed by atoms with Crippen LogP contribution in [0.15, 0.2) is 51.8 Å². The highest BCUT2D eigenvalue weighted by molar-refractivity contribution is 9.10. The molecular formula is C15H14BrNO3S. The van der Waals surface area contributed by atoms with Crippen LogP contribution < -0.4 is 5.32 Å². The second kappa shape index (κ2) is 5.99. The van der Waals surface area contributed by atoms with Gasteiger partial charge in [0.2, 0.25) is 0 Å². The van der Waals surface area contributed by atoms with Crippen LogP contribution in [0.2, 0.25) is 0 Å². The van der Waals surface area contributed by atoms with Crippen LogP contribution in [0.25, 0.3) is 0 Å². The summed E-state index contributed by atoms with van der Waals surface area (Å²) in [5.41, 5.74) is 2.06. The molecule has 0 spiro atoms. The Morgan fingerprint density at radius 1 is 1.10 bits per heavy atom. The number of carbonyl (C=O) groups is 1. The molecule has 1 amide bonds. The van der Waals surface area contributed by atoms with Crippen molar-refractivity contribution in [1.82, 2.24) is 0 Å². The van der Waals surface area contributed by atoms with Crippen LogP contribution in [0.4, 0.5) is 5.69 Å². The average molecular weight is 368 g/mol. The van der Waals surface area contributed by atoms with Gasteiger partial charge in [0.15, 0.2) is 9.84 Å². The minimum atomic E-state index is -3.25. The Labute approximate surface area is 132 Å². The third-order valence-electron chi connectivity index (χ3n) is 2.99. The van der Waals surface area contributed by atoms with Gasteiger partial charge in [0.1, 0.15) is 0 Å². The van der Waals surface area contributed by atoms with Gasteiger partial charge >= 0.3 is 0 Å². The van der Waals surface area contributed by atoms with Crippen molar-refractivity contribution in [3.05, 3.63) is 58.1 Å². The largest absolute Gasteiger partial charge is 0.322 e. The molecule has 0 aromatic heterocycles. The Hall–Kier alpha value is -1.66. The molecule has 0 fully saturated rings. The highest BCUT2D eigenvalue weighted by Crippen LogP contribution is 2.21. The fourth-order valence-electron chi connectivity index (χ4n) is 1.78. The summed E-state index contributed by atoms with van der Waals surface area (Å²) in [6, 6.07) is 11.5. The molecule has 0 heterocycles. The molecule has 0 aliphatic carbocycles. The zero-order valence-electron chi connectivity index (χ0n) is 11.6. The third-order valence-corrected chi connectivity index (χ3v) is 4.61. The molecule has 0 saturated heterocycles. The van der Waals surface area contributed by atoms with E-state index in [9.17, 15) is 13.2 Å². The molecule has 0 unspecified atom stereocenters. The summed E-state index contributed by atoms with van der Waals surface area (Å²) in [4.78, 5) is 12.4. The molecule has 0 radical (unpaired) electrons. The molecule has 0 aliphatic heterocycles. The Bertz CT molecular complexity index is 783. The fraction of sp³-hybridized carbons (Fsp3) is 0.133. The smallest absolute Gasteiger partial charge is 0.255 e. The first-order valence-electron chi connectivity index (χ1n) is 6.15. The Morgan fingerprint density at radius 2 is 1.71 bits per heavy atom. The van der Waals surface area contributed by atoms with E-state index >= 15 is 0 Å². The molecule has 2 rings (SSSR count). The molecule has 110 valence electrons. The molecular weight excluding hydrogens is 354 g/mol. The first kappa shape index (κ1) is 15.7. The fourth-order valence-corrected chi connectivity index (χ4v) is 2.77. The van der Waals surface area contributed by atoms with Crippen molar-refractivity contribution >= 4 is 37.4 Å². The van der Waals surface area contributed by atoms with E-state index in [0.717, 1.165) is 16.3 Å². The van der Waals surface area contributed by atoms with Gasteiger partial charge in [-0.2, -0.15) is 0 Å². The number of rotatable bonds is 3. The van der Waals surface area contributed by atoms with Crippen molar-refractivity contribution < 1.29 is 13.2 Å². The van der Waals surface area contributed by atoms with Crippen molar-refractivity contribution in [2.24, 2.45) is 0 Å². The van der Waals surface area contributed by atoms with Crippen LogP contribution in [0.3, 0.4) is 0 Å². The summed E-state index contributed by atoms with van der Waals surface area (Å²) < 4.78 is 23.6. The minimum absolute atomic E-state index is 0.192. The number of hydrogen-bond donors (Lipinski definition) is 1. The van der Waals surface area contributed by atoms with Gasteiger partial charge in [0.05, 0.1) is 4.90 Å². The molecule has 2 aromatic rings. The first-order chi connectivity index (χ1) is 9.77. The van der Waals surface area contributed by atoms with Crippen LogP contribution in [-0.2, 0) is 9.84 Å². The number of nitrogens with one attached hydrogen (secondary N) is 1. The lowest BCUT2D eigenvalue weighted by molar-refractivity contribution is 0.102. The van der Waals surface area contributed by atoms with Crippen molar-refractivity contribution in [2.45, 2.75) is 11.8 Å². The number of halogens is 1. The third kappa shape index (κ3) is 3.92.